The van der Waals surface area contributed by atoms with Crippen LogP contribution in [0.2, 0.25) is 5.15 Å². The maximum atomic E-state index is 13.5. The molecule has 1 aromatic carbocycles. The van der Waals surface area contributed by atoms with Gasteiger partial charge in [-0.25, -0.2) is 4.98 Å². The van der Waals surface area contributed by atoms with E-state index in [1.165, 1.54) is 24.4 Å². The maximum Gasteiger partial charge on any atom is 0.416 e. The Kier molecular flexibility index (Phi) is 4.58. The third kappa shape index (κ3) is 3.47. The van der Waals surface area contributed by atoms with Crippen LogP contribution >= 0.6 is 11.6 Å². The molecule has 1 aliphatic heterocycles. The van der Waals surface area contributed by atoms with Gasteiger partial charge in [0.15, 0.2) is 0 Å². The SMILES string of the molecule is C[C@H]1Nc2nc(nc3cnc(Cl)cc23)OC/C=C\c2c1cccc2C(F)(F)F. The fraction of sp³-hybridized carbons (Fsp3) is 0.211. The Bertz CT molecular complexity index is 1080. The second-order valence-electron chi connectivity index (χ2n) is 6.26. The number of hydrogen-bond acceptors (Lipinski definition) is 5. The lowest BCUT2D eigenvalue weighted by Gasteiger charge is -2.21. The van der Waals surface area contributed by atoms with Gasteiger partial charge in [0.05, 0.1) is 23.3 Å². The lowest BCUT2D eigenvalue weighted by atomic mass is 9.95. The van der Waals surface area contributed by atoms with E-state index in [9.17, 15) is 13.2 Å². The lowest BCUT2D eigenvalue weighted by molar-refractivity contribution is -0.137. The van der Waals surface area contributed by atoms with Crippen molar-refractivity contribution in [3.8, 4) is 6.01 Å². The van der Waals surface area contributed by atoms with Crippen LogP contribution in [0.4, 0.5) is 19.0 Å². The van der Waals surface area contributed by atoms with E-state index in [0.29, 0.717) is 22.3 Å². The van der Waals surface area contributed by atoms with Crippen LogP contribution in [-0.4, -0.2) is 21.6 Å². The van der Waals surface area contributed by atoms with E-state index in [2.05, 4.69) is 20.3 Å². The van der Waals surface area contributed by atoms with Crippen molar-refractivity contribution in [3.63, 3.8) is 0 Å². The number of nitrogens with zero attached hydrogens (tertiary/aromatic N) is 3. The summed E-state index contributed by atoms with van der Waals surface area (Å²) in [6, 6.07) is 5.34. The van der Waals surface area contributed by atoms with E-state index in [4.69, 9.17) is 16.3 Å². The number of hydrogen-bond donors (Lipinski definition) is 1. The van der Waals surface area contributed by atoms with E-state index in [1.807, 2.05) is 0 Å². The molecule has 28 heavy (non-hydrogen) atoms. The van der Waals surface area contributed by atoms with Crippen LogP contribution in [0.25, 0.3) is 17.0 Å². The highest BCUT2D eigenvalue weighted by atomic mass is 35.5. The predicted molar refractivity (Wildman–Crippen MR) is 100 cm³/mol. The highest BCUT2D eigenvalue weighted by Gasteiger charge is 2.34. The Balaban J connectivity index is 1.89. The van der Waals surface area contributed by atoms with Gasteiger partial charge in [0, 0.05) is 5.39 Å². The molecule has 144 valence electrons. The average Bonchev–Trinajstić information content (AvgIpc) is 2.66. The lowest BCUT2D eigenvalue weighted by Crippen LogP contribution is -2.14. The van der Waals surface area contributed by atoms with E-state index in [1.54, 1.807) is 19.1 Å². The summed E-state index contributed by atoms with van der Waals surface area (Å²) in [5.74, 6) is 0.405. The molecule has 0 radical (unpaired) electrons. The number of aromatic nitrogens is 3. The fourth-order valence-corrected chi connectivity index (χ4v) is 3.28. The summed E-state index contributed by atoms with van der Waals surface area (Å²) in [6.45, 7) is 1.79. The van der Waals surface area contributed by atoms with Crippen molar-refractivity contribution >= 4 is 34.4 Å². The molecule has 0 saturated heterocycles. The van der Waals surface area contributed by atoms with E-state index in [0.717, 1.165) is 6.07 Å². The molecule has 1 atom stereocenters. The van der Waals surface area contributed by atoms with Gasteiger partial charge >= 0.3 is 12.2 Å². The van der Waals surface area contributed by atoms with Crippen molar-refractivity contribution in [3.05, 3.63) is 58.4 Å². The minimum absolute atomic E-state index is 0.0198. The van der Waals surface area contributed by atoms with Crippen LogP contribution in [0.3, 0.4) is 0 Å². The summed E-state index contributed by atoms with van der Waals surface area (Å²) in [7, 11) is 0. The number of nitrogens with one attached hydrogen (secondary N) is 1. The predicted octanol–water partition coefficient (Wildman–Crippen LogP) is 5.28. The van der Waals surface area contributed by atoms with Gasteiger partial charge in [0.2, 0.25) is 0 Å². The summed E-state index contributed by atoms with van der Waals surface area (Å²) >= 11 is 5.99. The van der Waals surface area contributed by atoms with Gasteiger partial charge in [-0.05, 0) is 36.3 Å². The van der Waals surface area contributed by atoms with E-state index < -0.39 is 17.8 Å². The summed E-state index contributed by atoms with van der Waals surface area (Å²) in [5, 5.41) is 4.02. The molecule has 0 amide bonds. The van der Waals surface area contributed by atoms with Crippen molar-refractivity contribution in [1.29, 1.82) is 0 Å². The molecule has 0 saturated carbocycles. The molecule has 3 aromatic rings. The topological polar surface area (TPSA) is 59.9 Å². The highest BCUT2D eigenvalue weighted by molar-refractivity contribution is 6.30. The van der Waals surface area contributed by atoms with Crippen LogP contribution < -0.4 is 10.1 Å². The first-order chi connectivity index (χ1) is 13.3. The van der Waals surface area contributed by atoms with Gasteiger partial charge in [0.25, 0.3) is 0 Å². The molecule has 9 heteroatoms. The third-order valence-corrected chi connectivity index (χ3v) is 4.59. The molecule has 4 rings (SSSR count). The van der Waals surface area contributed by atoms with Crippen molar-refractivity contribution in [1.82, 2.24) is 15.0 Å². The zero-order valence-corrected chi connectivity index (χ0v) is 15.3. The largest absolute Gasteiger partial charge is 0.459 e. The first-order valence-electron chi connectivity index (χ1n) is 8.42. The van der Waals surface area contributed by atoms with Crippen LogP contribution in [0.1, 0.15) is 29.7 Å². The van der Waals surface area contributed by atoms with Gasteiger partial charge in [-0.3, -0.25) is 0 Å². The van der Waals surface area contributed by atoms with Crippen LogP contribution in [-0.2, 0) is 6.18 Å². The summed E-state index contributed by atoms with van der Waals surface area (Å²) in [6.07, 6.45) is -0.0468. The molecular formula is C19H14ClF3N4O. The van der Waals surface area contributed by atoms with Gasteiger partial charge in [0.1, 0.15) is 17.6 Å². The molecule has 3 heterocycles. The molecule has 1 aliphatic rings. The average molecular weight is 407 g/mol. The first-order valence-corrected chi connectivity index (χ1v) is 8.80. The highest BCUT2D eigenvalue weighted by Crippen LogP contribution is 2.37. The zero-order valence-electron chi connectivity index (χ0n) is 14.6. The molecular weight excluding hydrogens is 393 g/mol. The molecule has 0 aliphatic carbocycles. The van der Waals surface area contributed by atoms with Crippen molar-refractivity contribution in [2.75, 3.05) is 11.9 Å². The van der Waals surface area contributed by atoms with Crippen molar-refractivity contribution in [2.45, 2.75) is 19.1 Å². The molecule has 5 nitrogen and oxygen atoms in total. The summed E-state index contributed by atoms with van der Waals surface area (Å²) in [4.78, 5) is 12.6. The second kappa shape index (κ2) is 6.94. The van der Waals surface area contributed by atoms with Crippen LogP contribution in [0, 0.1) is 0 Å². The molecule has 1 N–H and O–H groups in total. The molecule has 0 fully saturated rings. The summed E-state index contributed by atoms with van der Waals surface area (Å²) in [5.41, 5.74) is 0.382. The van der Waals surface area contributed by atoms with Gasteiger partial charge < -0.3 is 10.1 Å². The molecule has 2 aromatic heterocycles. The Morgan fingerprint density at radius 1 is 1.25 bits per heavy atom. The Morgan fingerprint density at radius 3 is 2.86 bits per heavy atom. The van der Waals surface area contributed by atoms with E-state index in [-0.39, 0.29) is 23.3 Å². The number of rotatable bonds is 0. The van der Waals surface area contributed by atoms with Gasteiger partial charge in [-0.2, -0.15) is 23.1 Å². The number of pyridine rings is 1. The Hall–Kier alpha value is -2.87. The number of fused-ring (bicyclic) bond motifs is 5. The Labute approximate surface area is 163 Å². The van der Waals surface area contributed by atoms with E-state index >= 15 is 0 Å². The minimum atomic E-state index is -4.47. The molecule has 2 bridgehead atoms. The third-order valence-electron chi connectivity index (χ3n) is 4.39. The fourth-order valence-electron chi connectivity index (χ4n) is 3.13. The Morgan fingerprint density at radius 2 is 2.07 bits per heavy atom. The smallest absolute Gasteiger partial charge is 0.416 e. The normalized spacial score (nSPS) is 17.8. The number of anilines is 1. The zero-order chi connectivity index (χ0) is 19.9. The minimum Gasteiger partial charge on any atom is -0.459 e. The molecule has 0 unspecified atom stereocenters. The monoisotopic (exact) mass is 406 g/mol. The van der Waals surface area contributed by atoms with Crippen molar-refractivity contribution in [2.24, 2.45) is 0 Å². The van der Waals surface area contributed by atoms with Gasteiger partial charge in [-0.1, -0.05) is 29.8 Å². The number of alkyl halides is 3. The van der Waals surface area contributed by atoms with Crippen LogP contribution in [0.15, 0.2) is 36.5 Å². The summed E-state index contributed by atoms with van der Waals surface area (Å²) < 4.78 is 46.0. The molecule has 0 spiro atoms. The van der Waals surface area contributed by atoms with Gasteiger partial charge in [-0.15, -0.1) is 0 Å². The number of halogens is 4. The van der Waals surface area contributed by atoms with Crippen molar-refractivity contribution < 1.29 is 17.9 Å². The second-order valence-corrected chi connectivity index (χ2v) is 6.65. The number of ether oxygens (including phenoxy) is 1. The standard InChI is InChI=1S/C19H14ClF3N4O/c1-10-11-4-2-6-14(19(21,22)23)12(11)5-3-7-28-18-26-15-9-24-16(20)8-13(15)17(25-10)27-18/h2-6,8-10H,7H2,1H3,(H,25,26,27)/b5-3-/t10-/m1/s1. The first kappa shape index (κ1) is 18.5. The van der Waals surface area contributed by atoms with Crippen LogP contribution in [0.5, 0.6) is 6.01 Å². The maximum absolute atomic E-state index is 13.5. The quantitative estimate of drug-likeness (QED) is 0.515. The number of benzene rings is 1.